The van der Waals surface area contributed by atoms with E-state index in [-0.39, 0.29) is 12.5 Å². The Hall–Kier alpha value is -2.21. The Bertz CT molecular complexity index is 609. The van der Waals surface area contributed by atoms with E-state index in [0.717, 1.165) is 17.7 Å². The number of ether oxygens (including phenoxy) is 2. The molecule has 2 aromatic rings. The van der Waals surface area contributed by atoms with E-state index in [4.69, 9.17) is 13.9 Å². The van der Waals surface area contributed by atoms with Crippen molar-refractivity contribution in [3.8, 4) is 17.2 Å². The van der Waals surface area contributed by atoms with Gasteiger partial charge in [-0.15, -0.1) is 0 Å². The molecule has 2 N–H and O–H groups in total. The quantitative estimate of drug-likeness (QED) is 0.869. The maximum Gasteiger partial charge on any atom is 0.231 e. The van der Waals surface area contributed by atoms with Crippen LogP contribution in [0.1, 0.15) is 24.1 Å². The van der Waals surface area contributed by atoms with Crippen LogP contribution in [0.3, 0.4) is 0 Å². The molecule has 1 aromatic heterocycles. The SMILES string of the molecule is CCc1cnc(CNCc2cc3c(cc2O)OCO3)o1. The van der Waals surface area contributed by atoms with Crippen LogP contribution in [0.5, 0.6) is 17.2 Å². The summed E-state index contributed by atoms with van der Waals surface area (Å²) in [5.74, 6) is 2.92. The van der Waals surface area contributed by atoms with Crippen LogP contribution in [-0.2, 0) is 19.5 Å². The molecule has 1 aliphatic heterocycles. The Kier molecular flexibility index (Phi) is 3.47. The van der Waals surface area contributed by atoms with Crippen molar-refractivity contribution < 1.29 is 19.0 Å². The van der Waals surface area contributed by atoms with Gasteiger partial charge in [0.25, 0.3) is 0 Å². The van der Waals surface area contributed by atoms with E-state index in [2.05, 4.69) is 10.3 Å². The lowest BCUT2D eigenvalue weighted by Gasteiger charge is -2.06. The molecule has 0 radical (unpaired) electrons. The Morgan fingerprint density at radius 1 is 1.25 bits per heavy atom. The van der Waals surface area contributed by atoms with E-state index >= 15 is 0 Å². The average Bonchev–Trinajstić information content (AvgIpc) is 3.07. The number of aromatic hydroxyl groups is 1. The summed E-state index contributed by atoms with van der Waals surface area (Å²) in [6.45, 7) is 3.21. The number of hydrogen-bond acceptors (Lipinski definition) is 6. The van der Waals surface area contributed by atoms with Crippen LogP contribution in [0.2, 0.25) is 0 Å². The van der Waals surface area contributed by atoms with E-state index in [9.17, 15) is 5.11 Å². The van der Waals surface area contributed by atoms with Crippen molar-refractivity contribution in [2.24, 2.45) is 0 Å². The minimum atomic E-state index is 0.184. The van der Waals surface area contributed by atoms with E-state index in [1.165, 1.54) is 0 Å². The lowest BCUT2D eigenvalue weighted by molar-refractivity contribution is 0.174. The van der Waals surface area contributed by atoms with Crippen molar-refractivity contribution in [1.82, 2.24) is 10.3 Å². The third-order valence-corrected chi connectivity index (χ3v) is 3.12. The Balaban J connectivity index is 1.61. The van der Waals surface area contributed by atoms with Gasteiger partial charge in [0.15, 0.2) is 11.5 Å². The first-order valence-electron chi connectivity index (χ1n) is 6.52. The maximum atomic E-state index is 9.90. The predicted molar refractivity (Wildman–Crippen MR) is 70.7 cm³/mol. The Morgan fingerprint density at radius 3 is 2.80 bits per heavy atom. The van der Waals surface area contributed by atoms with Gasteiger partial charge in [-0.25, -0.2) is 4.98 Å². The van der Waals surface area contributed by atoms with Crippen LogP contribution in [0.25, 0.3) is 0 Å². The maximum absolute atomic E-state index is 9.90. The third kappa shape index (κ3) is 2.55. The summed E-state index contributed by atoms with van der Waals surface area (Å²) in [6, 6.07) is 3.34. The molecule has 0 spiro atoms. The molecule has 20 heavy (non-hydrogen) atoms. The monoisotopic (exact) mass is 276 g/mol. The van der Waals surface area contributed by atoms with Crippen LogP contribution in [-0.4, -0.2) is 16.9 Å². The fraction of sp³-hybridized carbons (Fsp3) is 0.357. The van der Waals surface area contributed by atoms with E-state index in [1.54, 1.807) is 18.3 Å². The molecule has 0 fully saturated rings. The van der Waals surface area contributed by atoms with Crippen LogP contribution >= 0.6 is 0 Å². The van der Waals surface area contributed by atoms with E-state index in [1.807, 2.05) is 6.92 Å². The normalized spacial score (nSPS) is 12.8. The molecule has 0 bridgehead atoms. The van der Waals surface area contributed by atoms with Gasteiger partial charge in [-0.2, -0.15) is 0 Å². The minimum absolute atomic E-state index is 0.184. The fourth-order valence-electron chi connectivity index (χ4n) is 2.01. The number of fused-ring (bicyclic) bond motifs is 1. The second-order valence-corrected chi connectivity index (χ2v) is 4.51. The van der Waals surface area contributed by atoms with Crippen molar-refractivity contribution in [3.05, 3.63) is 35.5 Å². The van der Waals surface area contributed by atoms with Gasteiger partial charge in [-0.05, 0) is 6.07 Å². The second-order valence-electron chi connectivity index (χ2n) is 4.51. The van der Waals surface area contributed by atoms with Gasteiger partial charge in [0.05, 0.1) is 12.7 Å². The van der Waals surface area contributed by atoms with Crippen LogP contribution in [0, 0.1) is 0 Å². The molecular formula is C14H16N2O4. The molecule has 0 saturated carbocycles. The van der Waals surface area contributed by atoms with Crippen LogP contribution in [0.4, 0.5) is 0 Å². The standard InChI is InChI=1S/C14H16N2O4/c1-2-10-6-16-14(20-10)7-15-5-9-3-12-13(4-11(9)17)19-8-18-12/h3-4,6,15,17H,2,5,7-8H2,1H3. The number of nitrogens with one attached hydrogen (secondary N) is 1. The molecule has 1 aromatic carbocycles. The van der Waals surface area contributed by atoms with Gasteiger partial charge in [-0.3, -0.25) is 0 Å². The molecule has 6 heteroatoms. The highest BCUT2D eigenvalue weighted by Gasteiger charge is 2.16. The number of oxazole rings is 1. The van der Waals surface area contributed by atoms with Crippen molar-refractivity contribution in [3.63, 3.8) is 0 Å². The third-order valence-electron chi connectivity index (χ3n) is 3.12. The Morgan fingerprint density at radius 2 is 2.05 bits per heavy atom. The van der Waals surface area contributed by atoms with Gasteiger partial charge < -0.3 is 24.3 Å². The zero-order valence-electron chi connectivity index (χ0n) is 11.2. The molecule has 0 saturated heterocycles. The van der Waals surface area contributed by atoms with Crippen molar-refractivity contribution >= 4 is 0 Å². The lowest BCUT2D eigenvalue weighted by atomic mass is 10.1. The first-order chi connectivity index (χ1) is 9.76. The molecule has 2 heterocycles. The average molecular weight is 276 g/mol. The summed E-state index contributed by atoms with van der Waals surface area (Å²) in [5, 5.41) is 13.1. The lowest BCUT2D eigenvalue weighted by Crippen LogP contribution is -2.13. The van der Waals surface area contributed by atoms with Crippen molar-refractivity contribution in [2.75, 3.05) is 6.79 Å². The molecule has 1 aliphatic rings. The zero-order valence-corrected chi connectivity index (χ0v) is 11.2. The molecule has 3 rings (SSSR count). The van der Waals surface area contributed by atoms with E-state index in [0.29, 0.717) is 30.5 Å². The van der Waals surface area contributed by atoms with Gasteiger partial charge in [0.1, 0.15) is 11.5 Å². The highest BCUT2D eigenvalue weighted by molar-refractivity contribution is 5.51. The van der Waals surface area contributed by atoms with Gasteiger partial charge in [-0.1, -0.05) is 6.92 Å². The number of phenolic OH excluding ortho intramolecular Hbond substituents is 1. The number of aryl methyl sites for hydroxylation is 1. The highest BCUT2D eigenvalue weighted by Crippen LogP contribution is 2.37. The number of benzene rings is 1. The largest absolute Gasteiger partial charge is 0.507 e. The first-order valence-corrected chi connectivity index (χ1v) is 6.52. The number of phenols is 1. The summed E-state index contributed by atoms with van der Waals surface area (Å²) < 4.78 is 16.0. The number of nitrogens with zero attached hydrogens (tertiary/aromatic N) is 1. The van der Waals surface area contributed by atoms with Crippen molar-refractivity contribution in [1.29, 1.82) is 0 Å². The minimum Gasteiger partial charge on any atom is -0.507 e. The van der Waals surface area contributed by atoms with Gasteiger partial charge in [0, 0.05) is 24.6 Å². The zero-order chi connectivity index (χ0) is 13.9. The van der Waals surface area contributed by atoms with Crippen molar-refractivity contribution in [2.45, 2.75) is 26.4 Å². The molecule has 0 aliphatic carbocycles. The fourth-order valence-corrected chi connectivity index (χ4v) is 2.01. The predicted octanol–water partition coefficient (Wildman–Crippen LogP) is 1.96. The molecule has 106 valence electrons. The number of rotatable bonds is 5. The Labute approximate surface area is 116 Å². The summed E-state index contributed by atoms with van der Waals surface area (Å²) >= 11 is 0. The molecule has 0 unspecified atom stereocenters. The van der Waals surface area contributed by atoms with E-state index < -0.39 is 0 Å². The molecule has 6 nitrogen and oxygen atoms in total. The topological polar surface area (TPSA) is 76.8 Å². The highest BCUT2D eigenvalue weighted by atomic mass is 16.7. The summed E-state index contributed by atoms with van der Waals surface area (Å²) in [4.78, 5) is 4.16. The van der Waals surface area contributed by atoms with Crippen LogP contribution in [0.15, 0.2) is 22.7 Å². The number of aromatic nitrogens is 1. The van der Waals surface area contributed by atoms with Gasteiger partial charge in [0.2, 0.25) is 12.7 Å². The first kappa shape index (κ1) is 12.8. The number of hydrogen-bond donors (Lipinski definition) is 2. The molecular weight excluding hydrogens is 260 g/mol. The summed E-state index contributed by atoms with van der Waals surface area (Å²) in [7, 11) is 0. The van der Waals surface area contributed by atoms with Crippen LogP contribution < -0.4 is 14.8 Å². The summed E-state index contributed by atoms with van der Waals surface area (Å²) in [5.41, 5.74) is 0.747. The van der Waals surface area contributed by atoms with Gasteiger partial charge >= 0.3 is 0 Å². The molecule has 0 amide bonds. The smallest absolute Gasteiger partial charge is 0.231 e. The summed E-state index contributed by atoms with van der Waals surface area (Å²) in [6.07, 6.45) is 2.56. The second kappa shape index (κ2) is 5.42. The molecule has 0 atom stereocenters.